The highest BCUT2D eigenvalue weighted by Gasteiger charge is 2.36. The number of para-hydroxylation sites is 1. The number of nitrogens with one attached hydrogen (secondary N) is 1. The molecule has 13 heteroatoms. The lowest BCUT2D eigenvalue weighted by Gasteiger charge is -2.38. The van der Waals surface area contributed by atoms with Crippen molar-refractivity contribution in [1.29, 1.82) is 0 Å². The Hall–Kier alpha value is -3.29. The van der Waals surface area contributed by atoms with Crippen molar-refractivity contribution >= 4 is 43.5 Å². The van der Waals surface area contributed by atoms with Crippen molar-refractivity contribution in [3.8, 4) is 22.8 Å². The number of likely N-dealkylation sites (tertiary alicyclic amines) is 1. The van der Waals surface area contributed by atoms with Gasteiger partial charge in [0.2, 0.25) is 5.91 Å². The molecule has 43 heavy (non-hydrogen) atoms. The van der Waals surface area contributed by atoms with Gasteiger partial charge in [-0.25, -0.2) is 4.68 Å². The Morgan fingerprint density at radius 1 is 0.930 bits per heavy atom. The second kappa shape index (κ2) is 16.5. The summed E-state index contributed by atoms with van der Waals surface area (Å²) in [5.41, 5.74) is 13.0. The maximum atomic E-state index is 12.6. The number of anilines is 1. The zero-order chi connectivity index (χ0) is 28.6. The number of rotatable bonds is 12. The minimum Gasteiger partial charge on any atom is -0.457 e. The van der Waals surface area contributed by atoms with Gasteiger partial charge in [-0.1, -0.05) is 18.2 Å². The Morgan fingerprint density at radius 2 is 1.60 bits per heavy atom. The van der Waals surface area contributed by atoms with Crippen LogP contribution in [-0.4, -0.2) is 79.1 Å². The van der Waals surface area contributed by atoms with Crippen LogP contribution in [0.1, 0.15) is 35.7 Å². The first kappa shape index (κ1) is 34.2. The molecule has 0 bridgehead atoms. The molecular weight excluding hydrogens is 592 g/mol. The molecule has 3 aromatic rings. The van der Waals surface area contributed by atoms with E-state index in [9.17, 15) is 9.59 Å². The number of aromatic nitrogens is 2. The second-order valence-corrected chi connectivity index (χ2v) is 10.3. The molecule has 1 atom stereocenters. The van der Waals surface area contributed by atoms with Crippen LogP contribution < -0.4 is 21.5 Å². The van der Waals surface area contributed by atoms with Crippen LogP contribution in [0.2, 0.25) is 0 Å². The lowest BCUT2D eigenvalue weighted by atomic mass is 9.87. The average molecular weight is 633 g/mol. The number of piperidine rings is 1. The number of fused-ring (bicyclic) bond motifs is 1. The molecule has 0 saturated carbocycles. The predicted octanol–water partition coefficient (Wildman–Crippen LogP) is 3.56. The first-order valence-corrected chi connectivity index (χ1v) is 14.2. The van der Waals surface area contributed by atoms with Crippen molar-refractivity contribution in [3.63, 3.8) is 0 Å². The van der Waals surface area contributed by atoms with Crippen molar-refractivity contribution in [1.82, 2.24) is 14.7 Å². The van der Waals surface area contributed by atoms with Gasteiger partial charge in [-0.15, -0.1) is 12.4 Å². The quantitative estimate of drug-likeness (QED) is 0.257. The van der Waals surface area contributed by atoms with E-state index in [4.69, 9.17) is 30.8 Å². The number of benzene rings is 2. The molecule has 2 aliphatic heterocycles. The summed E-state index contributed by atoms with van der Waals surface area (Å²) in [5, 5.41) is 8.29. The van der Waals surface area contributed by atoms with E-state index in [1.54, 1.807) is 0 Å². The van der Waals surface area contributed by atoms with Crippen molar-refractivity contribution < 1.29 is 23.8 Å². The highest BCUT2D eigenvalue weighted by atomic mass is 35.5. The number of ether oxygens (including phenoxy) is 3. The maximum Gasteiger partial charge on any atom is 0.254 e. The van der Waals surface area contributed by atoms with Gasteiger partial charge in [0.25, 0.3) is 5.91 Å². The number of amides is 2. The first-order chi connectivity index (χ1) is 20.0. The fraction of sp³-hybridized carbons (Fsp3) is 0.433. The minimum absolute atomic E-state index is 0. The van der Waals surface area contributed by atoms with Gasteiger partial charge in [-0.3, -0.25) is 9.59 Å². The molecule has 2 amide bonds. The minimum atomic E-state index is -0.521. The Morgan fingerprint density at radius 3 is 2.28 bits per heavy atom. The molecule has 5 rings (SSSR count). The summed E-state index contributed by atoms with van der Waals surface area (Å²) in [7, 11) is 0. The molecule has 0 radical (unpaired) electrons. The highest BCUT2D eigenvalue weighted by molar-refractivity contribution is 7.59. The molecule has 3 heterocycles. The fourth-order valence-corrected chi connectivity index (χ4v) is 5.57. The summed E-state index contributed by atoms with van der Waals surface area (Å²) in [6.07, 6.45) is 2.57. The molecule has 0 spiro atoms. The van der Waals surface area contributed by atoms with E-state index in [2.05, 4.69) is 5.32 Å². The number of hydrogen-bond donors (Lipinski definition) is 3. The van der Waals surface area contributed by atoms with E-state index in [0.29, 0.717) is 68.2 Å². The topological polar surface area (TPSA) is 147 Å². The van der Waals surface area contributed by atoms with Gasteiger partial charge >= 0.3 is 0 Å². The highest BCUT2D eigenvalue weighted by Crippen LogP contribution is 2.40. The third-order valence-corrected chi connectivity index (χ3v) is 7.61. The van der Waals surface area contributed by atoms with Crippen LogP contribution >= 0.6 is 25.9 Å². The number of nitrogens with two attached hydrogens (primary N) is 2. The van der Waals surface area contributed by atoms with Gasteiger partial charge in [0.1, 0.15) is 35.2 Å². The smallest absolute Gasteiger partial charge is 0.254 e. The number of carbonyl (C=O) groups excluding carboxylic acids is 2. The van der Waals surface area contributed by atoms with Crippen molar-refractivity contribution in [2.24, 2.45) is 17.4 Å². The molecule has 0 unspecified atom stereocenters. The molecule has 234 valence electrons. The Bertz CT molecular complexity index is 1320. The van der Waals surface area contributed by atoms with E-state index in [-0.39, 0.29) is 44.5 Å². The summed E-state index contributed by atoms with van der Waals surface area (Å²) in [5.74, 6) is 1.89. The first-order valence-electron chi connectivity index (χ1n) is 14.2. The van der Waals surface area contributed by atoms with Crippen LogP contribution in [0.4, 0.5) is 5.82 Å². The van der Waals surface area contributed by atoms with Crippen molar-refractivity contribution in [3.05, 3.63) is 60.2 Å². The van der Waals surface area contributed by atoms with E-state index in [0.717, 1.165) is 37.1 Å². The predicted molar refractivity (Wildman–Crippen MR) is 172 cm³/mol. The van der Waals surface area contributed by atoms with E-state index in [1.807, 2.05) is 64.2 Å². The maximum absolute atomic E-state index is 12.6. The lowest BCUT2D eigenvalue weighted by Crippen LogP contribution is -2.43. The van der Waals surface area contributed by atoms with E-state index < -0.39 is 5.91 Å². The SMILES string of the molecule is Cl.NCCOCCOCC(=O)N1CCC([C@@H]2CCNc3c(C(N)=O)c(-c4ccc(Oc5ccccc5)cc4)nn32)CC1.S. The van der Waals surface area contributed by atoms with Gasteiger partial charge in [0, 0.05) is 31.7 Å². The van der Waals surface area contributed by atoms with E-state index >= 15 is 0 Å². The summed E-state index contributed by atoms with van der Waals surface area (Å²) >= 11 is 0. The molecule has 0 aliphatic carbocycles. The van der Waals surface area contributed by atoms with Gasteiger partial charge in [0.15, 0.2) is 0 Å². The number of nitrogens with zero attached hydrogens (tertiary/aromatic N) is 3. The number of halogens is 1. The lowest BCUT2D eigenvalue weighted by molar-refractivity contribution is -0.138. The Kier molecular flexibility index (Phi) is 13.1. The second-order valence-electron chi connectivity index (χ2n) is 10.3. The zero-order valence-electron chi connectivity index (χ0n) is 24.1. The molecule has 1 saturated heterocycles. The molecule has 1 aromatic heterocycles. The van der Waals surface area contributed by atoms with Crippen LogP contribution in [0.15, 0.2) is 54.6 Å². The molecule has 11 nitrogen and oxygen atoms in total. The van der Waals surface area contributed by atoms with E-state index in [1.165, 1.54) is 0 Å². The third-order valence-electron chi connectivity index (χ3n) is 7.61. The average Bonchev–Trinajstić information content (AvgIpc) is 3.40. The third kappa shape index (κ3) is 8.42. The number of carbonyl (C=O) groups is 2. The monoisotopic (exact) mass is 632 g/mol. The Labute approximate surface area is 265 Å². The van der Waals surface area contributed by atoms with Crippen LogP contribution in [0.3, 0.4) is 0 Å². The standard InChI is InChI=1S/C30H38N6O5.ClH.H2S/c31-13-17-39-18-19-40-20-26(37)35-15-11-21(12-16-35)25-10-14-33-30-27(29(32)38)28(34-36(25)30)22-6-8-24(9-7-22)41-23-4-2-1-3-5-23;;/h1-9,21,25,33H,10-20,31H2,(H2,32,38);1H;1H2/t25-;;/m0../s1. The van der Waals surface area contributed by atoms with Gasteiger partial charge in [-0.05, 0) is 61.6 Å². The summed E-state index contributed by atoms with van der Waals surface area (Å²) in [6, 6.07) is 17.2. The van der Waals surface area contributed by atoms with Gasteiger partial charge in [0.05, 0.1) is 25.9 Å². The molecule has 5 N–H and O–H groups in total. The molecule has 2 aliphatic rings. The molecular formula is C30H41ClN6O5S. The summed E-state index contributed by atoms with van der Waals surface area (Å²) in [4.78, 5) is 27.1. The largest absolute Gasteiger partial charge is 0.457 e. The summed E-state index contributed by atoms with van der Waals surface area (Å²) in [6.45, 7) is 3.84. The normalized spacial score (nSPS) is 16.3. The fourth-order valence-electron chi connectivity index (χ4n) is 5.57. The summed E-state index contributed by atoms with van der Waals surface area (Å²) < 4.78 is 18.6. The number of primary amides is 1. The van der Waals surface area contributed by atoms with Crippen LogP contribution in [-0.2, 0) is 14.3 Å². The van der Waals surface area contributed by atoms with Crippen LogP contribution in [0.25, 0.3) is 11.3 Å². The van der Waals surface area contributed by atoms with Crippen LogP contribution in [0, 0.1) is 5.92 Å². The van der Waals surface area contributed by atoms with Gasteiger partial charge < -0.3 is 35.9 Å². The van der Waals surface area contributed by atoms with Gasteiger partial charge in [-0.2, -0.15) is 18.6 Å². The Balaban J connectivity index is 0.00000253. The zero-order valence-corrected chi connectivity index (χ0v) is 25.9. The molecule has 2 aromatic carbocycles. The van der Waals surface area contributed by atoms with Crippen molar-refractivity contribution in [2.75, 3.05) is 57.9 Å². The van der Waals surface area contributed by atoms with Crippen LogP contribution in [0.5, 0.6) is 11.5 Å². The molecule has 1 fully saturated rings. The van der Waals surface area contributed by atoms with Crippen molar-refractivity contribution in [2.45, 2.75) is 25.3 Å². The number of hydrogen-bond acceptors (Lipinski definition) is 8.